The minimum absolute atomic E-state index is 0.791. The van der Waals surface area contributed by atoms with E-state index >= 15 is 0 Å². The lowest BCUT2D eigenvalue weighted by Crippen LogP contribution is -2.25. The van der Waals surface area contributed by atoms with E-state index in [1.807, 2.05) is 12.1 Å². The van der Waals surface area contributed by atoms with Crippen LogP contribution < -0.4 is 9.47 Å². The smallest absolute Gasteiger partial charge is 0.122 e. The molecule has 18 heavy (non-hydrogen) atoms. The maximum Gasteiger partial charge on any atom is 0.122 e. The Labute approximate surface area is 109 Å². The minimum atomic E-state index is 0.791. The van der Waals surface area contributed by atoms with Crippen LogP contribution in [0.1, 0.15) is 24.8 Å². The van der Waals surface area contributed by atoms with Crippen LogP contribution in [0.25, 0.3) is 0 Å². The number of nitrogens with zero attached hydrogens (tertiary/aromatic N) is 1. The molecular formula is C15H21NO2. The highest BCUT2D eigenvalue weighted by Gasteiger charge is 2.12. The van der Waals surface area contributed by atoms with E-state index in [4.69, 9.17) is 9.47 Å². The van der Waals surface area contributed by atoms with Crippen molar-refractivity contribution in [3.8, 4) is 11.5 Å². The number of hydrogen-bond acceptors (Lipinski definition) is 3. The Morgan fingerprint density at radius 3 is 2.94 bits per heavy atom. The Bertz CT molecular complexity index is 399. The van der Waals surface area contributed by atoms with Crippen molar-refractivity contribution >= 4 is 0 Å². The molecule has 1 aromatic rings. The molecule has 2 heterocycles. The van der Waals surface area contributed by atoms with Crippen LogP contribution in [0.3, 0.4) is 0 Å². The van der Waals surface area contributed by atoms with E-state index < -0.39 is 0 Å². The van der Waals surface area contributed by atoms with E-state index in [2.05, 4.69) is 11.0 Å². The molecule has 98 valence electrons. The molecule has 0 unspecified atom stereocenters. The zero-order valence-electron chi connectivity index (χ0n) is 10.9. The molecule has 3 heteroatoms. The monoisotopic (exact) mass is 247 g/mol. The fraction of sp³-hybridized carbons (Fsp3) is 0.600. The number of ether oxygens (including phenoxy) is 2. The minimum Gasteiger partial charge on any atom is -0.493 e. The molecular weight excluding hydrogens is 226 g/mol. The summed E-state index contributed by atoms with van der Waals surface area (Å²) in [4.78, 5) is 2.47. The SMILES string of the molecule is c1cc2c(cc1OCCN1CCCC1)CCCO2. The molecule has 1 fully saturated rings. The van der Waals surface area contributed by atoms with Crippen molar-refractivity contribution in [3.63, 3.8) is 0 Å². The van der Waals surface area contributed by atoms with Gasteiger partial charge in [0.15, 0.2) is 0 Å². The van der Waals surface area contributed by atoms with Crippen molar-refractivity contribution in [2.45, 2.75) is 25.7 Å². The molecule has 0 amide bonds. The van der Waals surface area contributed by atoms with Gasteiger partial charge in [0, 0.05) is 6.54 Å². The van der Waals surface area contributed by atoms with Crippen LogP contribution in [0.2, 0.25) is 0 Å². The maximum atomic E-state index is 5.84. The van der Waals surface area contributed by atoms with E-state index in [1.54, 1.807) is 0 Å². The van der Waals surface area contributed by atoms with Gasteiger partial charge >= 0.3 is 0 Å². The summed E-state index contributed by atoms with van der Waals surface area (Å²) in [6.45, 7) is 5.16. The van der Waals surface area contributed by atoms with E-state index in [0.29, 0.717) is 0 Å². The molecule has 0 atom stereocenters. The summed E-state index contributed by atoms with van der Waals surface area (Å²) in [5, 5.41) is 0. The number of aryl methyl sites for hydroxylation is 1. The van der Waals surface area contributed by atoms with Crippen molar-refractivity contribution in [2.24, 2.45) is 0 Å². The maximum absolute atomic E-state index is 5.84. The Morgan fingerprint density at radius 1 is 1.17 bits per heavy atom. The number of likely N-dealkylation sites (tertiary alicyclic amines) is 1. The summed E-state index contributed by atoms with van der Waals surface area (Å²) < 4.78 is 11.4. The third kappa shape index (κ3) is 2.78. The Morgan fingerprint density at radius 2 is 2.06 bits per heavy atom. The van der Waals surface area contributed by atoms with Crippen LogP contribution >= 0.6 is 0 Å². The second-order valence-electron chi connectivity index (χ2n) is 5.12. The molecule has 0 N–H and O–H groups in total. The molecule has 2 aliphatic rings. The number of hydrogen-bond donors (Lipinski definition) is 0. The molecule has 1 saturated heterocycles. The Hall–Kier alpha value is -1.22. The highest BCUT2D eigenvalue weighted by atomic mass is 16.5. The molecule has 3 nitrogen and oxygen atoms in total. The molecule has 3 rings (SSSR count). The van der Waals surface area contributed by atoms with Crippen LogP contribution in [-0.2, 0) is 6.42 Å². The molecule has 2 aliphatic heterocycles. The lowest BCUT2D eigenvalue weighted by molar-refractivity contribution is 0.236. The van der Waals surface area contributed by atoms with Crippen LogP contribution in [-0.4, -0.2) is 37.7 Å². The van der Waals surface area contributed by atoms with E-state index in [-0.39, 0.29) is 0 Å². The summed E-state index contributed by atoms with van der Waals surface area (Å²) in [6, 6.07) is 6.20. The largest absolute Gasteiger partial charge is 0.493 e. The van der Waals surface area contributed by atoms with Gasteiger partial charge in [0.25, 0.3) is 0 Å². The Balaban J connectivity index is 1.52. The van der Waals surface area contributed by atoms with Crippen LogP contribution in [0.4, 0.5) is 0 Å². The van der Waals surface area contributed by atoms with Gasteiger partial charge in [-0.15, -0.1) is 0 Å². The number of rotatable bonds is 4. The van der Waals surface area contributed by atoms with E-state index in [9.17, 15) is 0 Å². The Kier molecular flexibility index (Phi) is 3.69. The van der Waals surface area contributed by atoms with Crippen molar-refractivity contribution < 1.29 is 9.47 Å². The van der Waals surface area contributed by atoms with Crippen LogP contribution in [0.15, 0.2) is 18.2 Å². The average Bonchev–Trinajstić information content (AvgIpc) is 2.92. The summed E-state index contributed by atoms with van der Waals surface area (Å²) >= 11 is 0. The van der Waals surface area contributed by atoms with Gasteiger partial charge in [-0.1, -0.05) is 0 Å². The highest BCUT2D eigenvalue weighted by Crippen LogP contribution is 2.28. The van der Waals surface area contributed by atoms with Crippen molar-refractivity contribution in [2.75, 3.05) is 32.8 Å². The predicted octanol–water partition coefficient (Wildman–Crippen LogP) is 2.49. The van der Waals surface area contributed by atoms with Gasteiger partial charge in [0.05, 0.1) is 6.61 Å². The van der Waals surface area contributed by atoms with Crippen molar-refractivity contribution in [1.82, 2.24) is 4.90 Å². The second kappa shape index (κ2) is 5.61. The first kappa shape index (κ1) is 11.8. The summed E-state index contributed by atoms with van der Waals surface area (Å²) in [6.07, 6.45) is 4.91. The molecule has 0 aromatic heterocycles. The highest BCUT2D eigenvalue weighted by molar-refractivity contribution is 5.41. The predicted molar refractivity (Wildman–Crippen MR) is 71.4 cm³/mol. The molecule has 0 radical (unpaired) electrons. The van der Waals surface area contributed by atoms with Gasteiger partial charge in [-0.05, 0) is 62.5 Å². The van der Waals surface area contributed by atoms with E-state index in [0.717, 1.165) is 44.1 Å². The quantitative estimate of drug-likeness (QED) is 0.816. The molecule has 1 aromatic carbocycles. The van der Waals surface area contributed by atoms with Crippen molar-refractivity contribution in [1.29, 1.82) is 0 Å². The molecule has 0 saturated carbocycles. The molecule has 0 aliphatic carbocycles. The van der Waals surface area contributed by atoms with E-state index in [1.165, 1.54) is 31.5 Å². The summed E-state index contributed by atoms with van der Waals surface area (Å²) in [5.41, 5.74) is 1.29. The van der Waals surface area contributed by atoms with Gasteiger partial charge in [0.2, 0.25) is 0 Å². The first-order valence-corrected chi connectivity index (χ1v) is 7.03. The van der Waals surface area contributed by atoms with Crippen molar-refractivity contribution in [3.05, 3.63) is 23.8 Å². The summed E-state index contributed by atoms with van der Waals surface area (Å²) in [5.74, 6) is 2.02. The van der Waals surface area contributed by atoms with Gasteiger partial charge < -0.3 is 9.47 Å². The number of fused-ring (bicyclic) bond motifs is 1. The zero-order valence-corrected chi connectivity index (χ0v) is 10.9. The van der Waals surface area contributed by atoms with Gasteiger partial charge in [0.1, 0.15) is 18.1 Å². The third-order valence-corrected chi connectivity index (χ3v) is 3.75. The molecule has 0 bridgehead atoms. The van der Waals surface area contributed by atoms with Crippen LogP contribution in [0.5, 0.6) is 11.5 Å². The first-order valence-electron chi connectivity index (χ1n) is 7.03. The first-order chi connectivity index (χ1) is 8.92. The summed E-state index contributed by atoms with van der Waals surface area (Å²) in [7, 11) is 0. The number of benzene rings is 1. The van der Waals surface area contributed by atoms with Gasteiger partial charge in [-0.3, -0.25) is 4.90 Å². The fourth-order valence-corrected chi connectivity index (χ4v) is 2.73. The third-order valence-electron chi connectivity index (χ3n) is 3.75. The van der Waals surface area contributed by atoms with Gasteiger partial charge in [-0.2, -0.15) is 0 Å². The van der Waals surface area contributed by atoms with Gasteiger partial charge in [-0.25, -0.2) is 0 Å². The topological polar surface area (TPSA) is 21.7 Å². The normalized spacial score (nSPS) is 19.3. The fourth-order valence-electron chi connectivity index (χ4n) is 2.73. The second-order valence-corrected chi connectivity index (χ2v) is 5.12. The standard InChI is InChI=1S/C15H21NO2/c1-2-8-16(7-1)9-11-17-14-5-6-15-13(12-14)4-3-10-18-15/h5-6,12H,1-4,7-11H2. The average molecular weight is 247 g/mol. The molecule has 0 spiro atoms. The lowest BCUT2D eigenvalue weighted by Gasteiger charge is -2.19. The lowest BCUT2D eigenvalue weighted by atomic mass is 10.1. The zero-order chi connectivity index (χ0) is 12.2. The van der Waals surface area contributed by atoms with Crippen LogP contribution in [0, 0.1) is 0 Å².